The van der Waals surface area contributed by atoms with Crippen LogP contribution in [0, 0.1) is 13.7 Å². The van der Waals surface area contributed by atoms with Gasteiger partial charge in [0.05, 0.1) is 10.3 Å². The third-order valence-electron chi connectivity index (χ3n) is 2.94. The molecule has 0 unspecified atom stereocenters. The maximum Gasteiger partial charge on any atom is 0.312 e. The lowest BCUT2D eigenvalue weighted by Gasteiger charge is -2.14. The number of hydrogen-bond donors (Lipinski definition) is 0. The minimum atomic E-state index is -0.425. The minimum Gasteiger partial charge on any atom is -0.450 e. The number of para-hydroxylation sites is 1. The monoisotopic (exact) mass is 536 g/mol. The topological polar surface area (TPSA) is 55.6 Å². The van der Waals surface area contributed by atoms with Crippen LogP contribution in [0.1, 0.15) is 5.56 Å². The van der Waals surface area contributed by atoms with Gasteiger partial charge in [-0.15, -0.1) is 0 Å². The van der Waals surface area contributed by atoms with Crippen LogP contribution >= 0.6 is 38.5 Å². The SMILES string of the molecule is C=C(F)CBr.CN(C)Cc1ccccc1Oc1ccc(I)cc1[N+](=O)[O-]. The van der Waals surface area contributed by atoms with Crippen molar-refractivity contribution < 1.29 is 14.1 Å². The number of hydrogen-bond acceptors (Lipinski definition) is 4. The molecular weight excluding hydrogens is 518 g/mol. The highest BCUT2D eigenvalue weighted by molar-refractivity contribution is 14.1. The van der Waals surface area contributed by atoms with Crippen LogP contribution in [-0.4, -0.2) is 29.2 Å². The first-order chi connectivity index (χ1) is 12.2. The lowest BCUT2D eigenvalue weighted by molar-refractivity contribution is -0.385. The van der Waals surface area contributed by atoms with Gasteiger partial charge >= 0.3 is 5.69 Å². The molecule has 0 N–H and O–H groups in total. The molecule has 0 radical (unpaired) electrons. The Morgan fingerprint density at radius 1 is 1.31 bits per heavy atom. The van der Waals surface area contributed by atoms with Crippen molar-refractivity contribution in [2.24, 2.45) is 0 Å². The molecule has 0 atom stereocenters. The molecule has 0 spiro atoms. The number of halogens is 3. The van der Waals surface area contributed by atoms with Crippen LogP contribution < -0.4 is 4.74 Å². The highest BCUT2D eigenvalue weighted by Gasteiger charge is 2.17. The molecule has 0 amide bonds. The van der Waals surface area contributed by atoms with Crippen LogP contribution in [0.15, 0.2) is 54.9 Å². The van der Waals surface area contributed by atoms with Gasteiger partial charge in [-0.25, -0.2) is 4.39 Å². The molecule has 2 aromatic carbocycles. The number of nitro groups is 1. The smallest absolute Gasteiger partial charge is 0.312 e. The van der Waals surface area contributed by atoms with E-state index in [0.717, 1.165) is 9.13 Å². The van der Waals surface area contributed by atoms with E-state index in [-0.39, 0.29) is 22.6 Å². The van der Waals surface area contributed by atoms with E-state index in [1.54, 1.807) is 12.1 Å². The highest BCUT2D eigenvalue weighted by Crippen LogP contribution is 2.34. The summed E-state index contributed by atoms with van der Waals surface area (Å²) in [6.07, 6.45) is 0. The summed E-state index contributed by atoms with van der Waals surface area (Å²) in [6.45, 7) is 3.66. The lowest BCUT2D eigenvalue weighted by Crippen LogP contribution is -2.11. The maximum absolute atomic E-state index is 11.2. The summed E-state index contributed by atoms with van der Waals surface area (Å²) in [7, 11) is 3.92. The first-order valence-electron chi connectivity index (χ1n) is 7.48. The van der Waals surface area contributed by atoms with Crippen molar-refractivity contribution in [1.82, 2.24) is 4.90 Å². The average Bonchev–Trinajstić information content (AvgIpc) is 2.58. The molecule has 2 rings (SSSR count). The first kappa shape index (κ1) is 22.5. The third kappa shape index (κ3) is 7.79. The van der Waals surface area contributed by atoms with Gasteiger partial charge < -0.3 is 9.64 Å². The fourth-order valence-electron chi connectivity index (χ4n) is 1.91. The summed E-state index contributed by atoms with van der Waals surface area (Å²) in [4.78, 5) is 12.7. The molecule has 26 heavy (non-hydrogen) atoms. The first-order valence-corrected chi connectivity index (χ1v) is 9.68. The van der Waals surface area contributed by atoms with Crippen LogP contribution in [-0.2, 0) is 6.54 Å². The van der Waals surface area contributed by atoms with Gasteiger partial charge in [0.15, 0.2) is 0 Å². The Kier molecular flexibility index (Phi) is 9.74. The molecule has 0 aliphatic heterocycles. The van der Waals surface area contributed by atoms with Gasteiger partial charge in [-0.05, 0) is 54.9 Å². The Hall–Kier alpha value is -1.52. The fourth-order valence-corrected chi connectivity index (χ4v) is 2.39. The van der Waals surface area contributed by atoms with Crippen LogP contribution in [0.4, 0.5) is 10.1 Å². The van der Waals surface area contributed by atoms with E-state index in [0.29, 0.717) is 12.3 Å². The number of rotatable bonds is 6. The number of nitro benzene ring substituents is 1. The Morgan fingerprint density at radius 3 is 2.46 bits per heavy atom. The van der Waals surface area contributed by atoms with Crippen LogP contribution in [0.2, 0.25) is 0 Å². The maximum atomic E-state index is 11.2. The van der Waals surface area contributed by atoms with E-state index in [1.807, 2.05) is 65.9 Å². The van der Waals surface area contributed by atoms with Crippen molar-refractivity contribution in [3.05, 3.63) is 74.1 Å². The Balaban J connectivity index is 0.000000597. The van der Waals surface area contributed by atoms with Crippen molar-refractivity contribution in [1.29, 1.82) is 0 Å². The van der Waals surface area contributed by atoms with Crippen molar-refractivity contribution in [3.63, 3.8) is 0 Å². The van der Waals surface area contributed by atoms with Gasteiger partial charge in [-0.3, -0.25) is 10.1 Å². The predicted octanol–water partition coefficient (Wildman–Crippen LogP) is 5.92. The summed E-state index contributed by atoms with van der Waals surface area (Å²) >= 11 is 4.88. The summed E-state index contributed by atoms with van der Waals surface area (Å²) in [6, 6.07) is 12.5. The predicted molar refractivity (Wildman–Crippen MR) is 114 cm³/mol. The molecule has 140 valence electrons. The van der Waals surface area contributed by atoms with Crippen molar-refractivity contribution in [2.45, 2.75) is 6.54 Å². The summed E-state index contributed by atoms with van der Waals surface area (Å²) in [5.74, 6) is 0.562. The third-order valence-corrected chi connectivity index (χ3v) is 4.22. The zero-order valence-corrected chi connectivity index (χ0v) is 18.2. The second kappa shape index (κ2) is 11.2. The van der Waals surface area contributed by atoms with Crippen molar-refractivity contribution in [2.75, 3.05) is 19.4 Å². The fraction of sp³-hybridized carbons (Fsp3) is 0.222. The van der Waals surface area contributed by atoms with Crippen molar-refractivity contribution >= 4 is 44.2 Å². The van der Waals surface area contributed by atoms with E-state index in [2.05, 4.69) is 22.5 Å². The Labute approximate surface area is 174 Å². The number of benzene rings is 2. The van der Waals surface area contributed by atoms with E-state index in [4.69, 9.17) is 4.74 Å². The van der Waals surface area contributed by atoms with Gasteiger partial charge in [-0.2, -0.15) is 0 Å². The van der Waals surface area contributed by atoms with Crippen LogP contribution in [0.25, 0.3) is 0 Å². The Morgan fingerprint density at radius 2 is 1.92 bits per heavy atom. The average molecular weight is 537 g/mol. The van der Waals surface area contributed by atoms with Crippen molar-refractivity contribution in [3.8, 4) is 11.5 Å². The quantitative estimate of drug-likeness (QED) is 0.199. The van der Waals surface area contributed by atoms with Crippen LogP contribution in [0.3, 0.4) is 0 Å². The van der Waals surface area contributed by atoms with Gasteiger partial charge in [0.25, 0.3) is 0 Å². The second-order valence-corrected chi connectivity index (χ2v) is 7.27. The number of allylic oxidation sites excluding steroid dienone is 1. The van der Waals surface area contributed by atoms with Gasteiger partial charge in [0, 0.05) is 21.7 Å². The molecule has 8 heteroatoms. The number of alkyl halides is 1. The molecule has 0 aliphatic carbocycles. The molecule has 0 aliphatic rings. The molecule has 0 fully saturated rings. The molecule has 0 saturated carbocycles. The van der Waals surface area contributed by atoms with Gasteiger partial charge in [0.2, 0.25) is 5.75 Å². The number of ether oxygens (including phenoxy) is 1. The molecule has 0 heterocycles. The van der Waals surface area contributed by atoms with Gasteiger partial charge in [-0.1, -0.05) is 40.7 Å². The molecular formula is C18H19BrFIN2O3. The molecule has 2 aromatic rings. The molecule has 0 saturated heterocycles. The van der Waals surface area contributed by atoms with Crippen LogP contribution in [0.5, 0.6) is 11.5 Å². The molecule has 0 aromatic heterocycles. The minimum absolute atomic E-state index is 0.0263. The summed E-state index contributed by atoms with van der Waals surface area (Å²) in [5.41, 5.74) is 0.955. The zero-order chi connectivity index (χ0) is 19.7. The highest BCUT2D eigenvalue weighted by atomic mass is 127. The lowest BCUT2D eigenvalue weighted by atomic mass is 10.2. The van der Waals surface area contributed by atoms with E-state index < -0.39 is 4.92 Å². The largest absolute Gasteiger partial charge is 0.450 e. The molecule has 5 nitrogen and oxygen atoms in total. The summed E-state index contributed by atoms with van der Waals surface area (Å²) < 4.78 is 17.8. The number of nitrogens with zero attached hydrogens (tertiary/aromatic N) is 2. The molecule has 0 bridgehead atoms. The van der Waals surface area contributed by atoms with E-state index >= 15 is 0 Å². The standard InChI is InChI=1S/C15H15IN2O3.C3H4BrF/c1-17(2)10-11-5-3-4-6-14(11)21-15-8-7-12(16)9-13(15)18(19)20;1-3(5)2-4/h3-9H,10H2,1-2H3;1-2H2. The Bertz CT molecular complexity index is 772. The van der Waals surface area contributed by atoms with E-state index in [1.165, 1.54) is 6.07 Å². The normalized spacial score (nSPS) is 10.1. The van der Waals surface area contributed by atoms with E-state index in [9.17, 15) is 14.5 Å². The zero-order valence-electron chi connectivity index (χ0n) is 14.4. The van der Waals surface area contributed by atoms with Gasteiger partial charge in [0.1, 0.15) is 11.6 Å². The summed E-state index contributed by atoms with van der Waals surface area (Å²) in [5, 5.41) is 11.4. The second-order valence-electron chi connectivity index (χ2n) is 5.47.